The Morgan fingerprint density at radius 2 is 1.74 bits per heavy atom. The van der Waals surface area contributed by atoms with Gasteiger partial charge < -0.3 is 14.5 Å². The molecule has 2 amide bonds. The second kappa shape index (κ2) is 13.4. The van der Waals surface area contributed by atoms with Gasteiger partial charge in [0.25, 0.3) is 0 Å². The molecule has 0 aliphatic heterocycles. The summed E-state index contributed by atoms with van der Waals surface area (Å²) in [6, 6.07) is 19.6. The fourth-order valence-corrected chi connectivity index (χ4v) is 4.12. The number of rotatable bonds is 12. The Labute approximate surface area is 204 Å². The quantitative estimate of drug-likeness (QED) is 0.271. The van der Waals surface area contributed by atoms with Crippen LogP contribution < -0.4 is 0 Å². The molecule has 0 spiro atoms. The van der Waals surface area contributed by atoms with Crippen molar-refractivity contribution in [1.29, 1.82) is 0 Å². The highest BCUT2D eigenvalue weighted by molar-refractivity contribution is 7.09. The zero-order chi connectivity index (χ0) is 24.2. The lowest BCUT2D eigenvalue weighted by atomic mass is 10.2. The lowest BCUT2D eigenvalue weighted by Gasteiger charge is -2.27. The zero-order valence-corrected chi connectivity index (χ0v) is 20.0. The van der Waals surface area contributed by atoms with E-state index in [1.165, 1.54) is 18.2 Å². The van der Waals surface area contributed by atoms with Crippen LogP contribution in [0.1, 0.15) is 22.4 Å². The van der Waals surface area contributed by atoms with Crippen LogP contribution >= 0.6 is 11.3 Å². The molecular weight excluding hydrogens is 451 g/mol. The van der Waals surface area contributed by atoms with Gasteiger partial charge in [0.2, 0.25) is 11.8 Å². The molecule has 0 bridgehead atoms. The van der Waals surface area contributed by atoms with Crippen LogP contribution in [0.25, 0.3) is 6.08 Å². The Morgan fingerprint density at radius 1 is 0.971 bits per heavy atom. The number of methoxy groups -OCH3 is 1. The van der Waals surface area contributed by atoms with Crippen LogP contribution in [0.4, 0.5) is 4.39 Å². The second-order valence-corrected chi connectivity index (χ2v) is 8.84. The van der Waals surface area contributed by atoms with E-state index >= 15 is 0 Å². The minimum atomic E-state index is -0.319. The van der Waals surface area contributed by atoms with Gasteiger partial charge >= 0.3 is 0 Å². The van der Waals surface area contributed by atoms with Crippen LogP contribution in [0, 0.1) is 5.82 Å². The van der Waals surface area contributed by atoms with E-state index in [4.69, 9.17) is 4.74 Å². The van der Waals surface area contributed by atoms with Crippen LogP contribution in [0.15, 0.2) is 78.2 Å². The minimum Gasteiger partial charge on any atom is -0.385 e. The fourth-order valence-electron chi connectivity index (χ4n) is 3.40. The maximum absolute atomic E-state index is 13.4. The van der Waals surface area contributed by atoms with Crippen molar-refractivity contribution in [2.24, 2.45) is 0 Å². The van der Waals surface area contributed by atoms with Crippen molar-refractivity contribution in [3.63, 3.8) is 0 Å². The van der Waals surface area contributed by atoms with Gasteiger partial charge in [-0.05, 0) is 47.2 Å². The molecular formula is C27H29FN2O3S. The average molecular weight is 481 g/mol. The SMILES string of the molecule is COCCCN(CC(=O)N(Cc1ccc(F)cc1)Cc1cccs1)C(=O)/C=C/c1ccccc1. The summed E-state index contributed by atoms with van der Waals surface area (Å²) in [4.78, 5) is 30.6. The number of hydrogen-bond donors (Lipinski definition) is 0. The predicted octanol–water partition coefficient (Wildman–Crippen LogP) is 4.99. The molecule has 0 radical (unpaired) electrons. The van der Waals surface area contributed by atoms with Gasteiger partial charge in [0.1, 0.15) is 12.4 Å². The third kappa shape index (κ3) is 8.24. The third-order valence-corrected chi connectivity index (χ3v) is 6.06. The first-order valence-corrected chi connectivity index (χ1v) is 12.0. The molecule has 0 aliphatic carbocycles. The zero-order valence-electron chi connectivity index (χ0n) is 19.2. The summed E-state index contributed by atoms with van der Waals surface area (Å²) in [6.07, 6.45) is 3.87. The average Bonchev–Trinajstić information content (AvgIpc) is 3.37. The van der Waals surface area contributed by atoms with E-state index in [1.54, 1.807) is 46.5 Å². The maximum atomic E-state index is 13.4. The number of nitrogens with zero attached hydrogens (tertiary/aromatic N) is 2. The van der Waals surface area contributed by atoms with Gasteiger partial charge in [-0.1, -0.05) is 48.5 Å². The van der Waals surface area contributed by atoms with Gasteiger partial charge in [-0.15, -0.1) is 11.3 Å². The fraction of sp³-hybridized carbons (Fsp3) is 0.259. The van der Waals surface area contributed by atoms with Crippen LogP contribution in [0.2, 0.25) is 0 Å². The standard InChI is InChI=1S/C27H29FN2O3S/c1-33-17-6-16-29(26(31)15-12-22-7-3-2-4-8-22)21-27(32)30(20-25-9-5-18-34-25)19-23-10-13-24(28)14-11-23/h2-5,7-15,18H,6,16-17,19-21H2,1H3/b15-12+. The van der Waals surface area contributed by atoms with Gasteiger partial charge in [-0.2, -0.15) is 0 Å². The lowest BCUT2D eigenvalue weighted by molar-refractivity contribution is -0.139. The summed E-state index contributed by atoms with van der Waals surface area (Å²) < 4.78 is 18.5. The van der Waals surface area contributed by atoms with Crippen molar-refractivity contribution in [3.8, 4) is 0 Å². The molecule has 7 heteroatoms. The largest absolute Gasteiger partial charge is 0.385 e. The number of carbonyl (C=O) groups excluding carboxylic acids is 2. The molecule has 1 heterocycles. The number of ether oxygens (including phenoxy) is 1. The summed E-state index contributed by atoms with van der Waals surface area (Å²) in [5, 5.41) is 1.96. The summed E-state index contributed by atoms with van der Waals surface area (Å²) in [6.45, 7) is 1.61. The first-order chi connectivity index (χ1) is 16.5. The summed E-state index contributed by atoms with van der Waals surface area (Å²) in [5.41, 5.74) is 1.74. The van der Waals surface area contributed by atoms with Crippen molar-refractivity contribution in [2.75, 3.05) is 26.8 Å². The van der Waals surface area contributed by atoms with Crippen molar-refractivity contribution in [2.45, 2.75) is 19.5 Å². The van der Waals surface area contributed by atoms with Gasteiger partial charge in [0.15, 0.2) is 0 Å². The molecule has 0 N–H and O–H groups in total. The summed E-state index contributed by atoms with van der Waals surface area (Å²) in [5.74, 6) is -0.720. The number of halogens is 1. The summed E-state index contributed by atoms with van der Waals surface area (Å²) >= 11 is 1.57. The topological polar surface area (TPSA) is 49.9 Å². The molecule has 1 aromatic heterocycles. The number of carbonyl (C=O) groups is 2. The molecule has 178 valence electrons. The smallest absolute Gasteiger partial charge is 0.247 e. The Morgan fingerprint density at radius 3 is 2.41 bits per heavy atom. The Hall–Kier alpha value is -3.29. The number of hydrogen-bond acceptors (Lipinski definition) is 4. The van der Waals surface area contributed by atoms with E-state index in [1.807, 2.05) is 47.8 Å². The molecule has 5 nitrogen and oxygen atoms in total. The summed E-state index contributed by atoms with van der Waals surface area (Å²) in [7, 11) is 1.61. The van der Waals surface area contributed by atoms with Gasteiger partial charge in [-0.25, -0.2) is 4.39 Å². The molecule has 0 atom stereocenters. The van der Waals surface area contributed by atoms with E-state index < -0.39 is 0 Å². The number of thiophene rings is 1. The molecule has 0 fully saturated rings. The lowest BCUT2D eigenvalue weighted by Crippen LogP contribution is -2.42. The third-order valence-electron chi connectivity index (χ3n) is 5.20. The Bertz CT molecular complexity index is 1050. The first-order valence-electron chi connectivity index (χ1n) is 11.1. The molecule has 2 aromatic carbocycles. The Balaban J connectivity index is 1.74. The van der Waals surface area contributed by atoms with E-state index in [2.05, 4.69) is 0 Å². The first kappa shape index (κ1) is 25.3. The molecule has 0 unspecified atom stereocenters. The van der Waals surface area contributed by atoms with E-state index in [-0.39, 0.29) is 24.2 Å². The highest BCUT2D eigenvalue weighted by atomic mass is 32.1. The molecule has 3 aromatic rings. The number of amides is 2. The minimum absolute atomic E-state index is 0.0474. The van der Waals surface area contributed by atoms with Crippen LogP contribution in [0.5, 0.6) is 0 Å². The number of benzene rings is 2. The van der Waals surface area contributed by atoms with Crippen LogP contribution in [-0.4, -0.2) is 48.4 Å². The maximum Gasteiger partial charge on any atom is 0.247 e. The molecule has 0 aliphatic rings. The molecule has 0 saturated carbocycles. The highest BCUT2D eigenvalue weighted by Gasteiger charge is 2.21. The molecule has 34 heavy (non-hydrogen) atoms. The van der Waals surface area contributed by atoms with Gasteiger partial charge in [-0.3, -0.25) is 9.59 Å². The van der Waals surface area contributed by atoms with Gasteiger partial charge in [0.05, 0.1) is 6.54 Å². The van der Waals surface area contributed by atoms with Crippen molar-refractivity contribution < 1.29 is 18.7 Å². The monoisotopic (exact) mass is 480 g/mol. The van der Waals surface area contributed by atoms with E-state index in [0.29, 0.717) is 32.7 Å². The highest BCUT2D eigenvalue weighted by Crippen LogP contribution is 2.16. The van der Waals surface area contributed by atoms with Crippen molar-refractivity contribution >= 4 is 29.2 Å². The Kier molecular flexibility index (Phi) is 10.0. The normalized spacial score (nSPS) is 11.0. The predicted molar refractivity (Wildman–Crippen MR) is 134 cm³/mol. The van der Waals surface area contributed by atoms with Crippen LogP contribution in [0.3, 0.4) is 0 Å². The molecule has 3 rings (SSSR count). The molecule has 0 saturated heterocycles. The van der Waals surface area contributed by atoms with Crippen LogP contribution in [-0.2, 0) is 27.4 Å². The van der Waals surface area contributed by atoms with Gasteiger partial charge in [0, 0.05) is 37.8 Å². The van der Waals surface area contributed by atoms with E-state index in [9.17, 15) is 14.0 Å². The van der Waals surface area contributed by atoms with E-state index in [0.717, 1.165) is 16.0 Å². The van der Waals surface area contributed by atoms with Crippen molar-refractivity contribution in [1.82, 2.24) is 9.80 Å². The second-order valence-electron chi connectivity index (χ2n) is 7.81. The van der Waals surface area contributed by atoms with Crippen molar-refractivity contribution in [3.05, 3.63) is 100 Å².